The second-order valence-corrected chi connectivity index (χ2v) is 11.4. The van der Waals surface area contributed by atoms with E-state index in [0.29, 0.717) is 0 Å². The molecule has 2 heterocycles. The van der Waals surface area contributed by atoms with E-state index >= 15 is 0 Å². The zero-order valence-electron chi connectivity index (χ0n) is 24.9. The Morgan fingerprint density at radius 1 is 0.304 bits per heavy atom. The van der Waals surface area contributed by atoms with Gasteiger partial charge in [0, 0.05) is 62.1 Å². The van der Waals surface area contributed by atoms with Crippen LogP contribution in [0.25, 0.3) is 43.9 Å². The predicted molar refractivity (Wildman–Crippen MR) is 190 cm³/mol. The summed E-state index contributed by atoms with van der Waals surface area (Å²) in [6, 6.07) is 58.8. The van der Waals surface area contributed by atoms with Crippen LogP contribution in [0, 0.1) is 0 Å². The van der Waals surface area contributed by atoms with Crippen molar-refractivity contribution in [2.24, 2.45) is 0 Å². The van der Waals surface area contributed by atoms with Crippen LogP contribution in [0.4, 0.5) is 34.1 Å². The molecule has 0 aliphatic rings. The number of hydrogen-bond acceptors (Lipinski definition) is 4. The van der Waals surface area contributed by atoms with Gasteiger partial charge in [0.2, 0.25) is 0 Å². The number of rotatable bonds is 6. The smallest absolute Gasteiger partial charge is 0.159 e. The van der Waals surface area contributed by atoms with E-state index in [1.54, 1.807) is 0 Å². The van der Waals surface area contributed by atoms with E-state index in [9.17, 15) is 0 Å². The SMILES string of the molecule is c1ccc(N(c2ccc3c(c2)oc2ccccc23)c2ccc3c(c2)oc2c(N(c4ccccc4)c4ccccc4)cccc23)cc1. The highest BCUT2D eigenvalue weighted by Crippen LogP contribution is 2.44. The van der Waals surface area contributed by atoms with Crippen molar-refractivity contribution in [1.82, 2.24) is 0 Å². The van der Waals surface area contributed by atoms with Crippen LogP contribution in [0.3, 0.4) is 0 Å². The van der Waals surface area contributed by atoms with E-state index in [-0.39, 0.29) is 0 Å². The minimum absolute atomic E-state index is 0.826. The molecule has 0 atom stereocenters. The van der Waals surface area contributed by atoms with Gasteiger partial charge in [-0.15, -0.1) is 0 Å². The molecular formula is C42H28N2O2. The molecule has 0 fully saturated rings. The van der Waals surface area contributed by atoms with E-state index in [1.165, 1.54) is 0 Å². The first-order chi connectivity index (χ1) is 22.8. The lowest BCUT2D eigenvalue weighted by Crippen LogP contribution is -2.09. The number of anilines is 6. The molecule has 0 N–H and O–H groups in total. The maximum Gasteiger partial charge on any atom is 0.159 e. The molecule has 2 aromatic heterocycles. The van der Waals surface area contributed by atoms with Crippen LogP contribution < -0.4 is 9.80 Å². The van der Waals surface area contributed by atoms with Gasteiger partial charge in [0.05, 0.1) is 5.69 Å². The summed E-state index contributed by atoms with van der Waals surface area (Å²) in [6.45, 7) is 0. The lowest BCUT2D eigenvalue weighted by atomic mass is 10.1. The van der Waals surface area contributed by atoms with Crippen molar-refractivity contribution >= 4 is 78.0 Å². The summed E-state index contributed by atoms with van der Waals surface area (Å²) in [7, 11) is 0. The van der Waals surface area contributed by atoms with E-state index in [1.807, 2.05) is 36.4 Å². The summed E-state index contributed by atoms with van der Waals surface area (Å²) in [6.07, 6.45) is 0. The molecule has 7 aromatic carbocycles. The van der Waals surface area contributed by atoms with Crippen molar-refractivity contribution in [3.8, 4) is 0 Å². The lowest BCUT2D eigenvalue weighted by molar-refractivity contribution is 0.669. The summed E-state index contributed by atoms with van der Waals surface area (Å²) in [5.74, 6) is 0. The molecule has 0 aliphatic heterocycles. The molecule has 0 saturated heterocycles. The van der Waals surface area contributed by atoms with Crippen molar-refractivity contribution in [2.75, 3.05) is 9.80 Å². The fraction of sp³-hybridized carbons (Fsp3) is 0. The summed E-state index contributed by atoms with van der Waals surface area (Å²) >= 11 is 0. The van der Waals surface area contributed by atoms with E-state index in [2.05, 4.69) is 143 Å². The molecule has 9 rings (SSSR count). The van der Waals surface area contributed by atoms with Crippen molar-refractivity contribution < 1.29 is 8.83 Å². The van der Waals surface area contributed by atoms with Gasteiger partial charge >= 0.3 is 0 Å². The third kappa shape index (κ3) is 4.31. The van der Waals surface area contributed by atoms with Gasteiger partial charge in [-0.05, 0) is 72.8 Å². The standard InChI is InChI=1S/C42H28N2O2/c1-4-13-29(14-5-1)43(32-23-25-35-34-19-10-11-22-39(34)45-40(35)27-32)33-24-26-36-37-20-12-21-38(42(37)46-41(36)28-33)44(30-15-6-2-7-16-30)31-17-8-3-9-18-31/h1-28H. The molecule has 4 heteroatoms. The average molecular weight is 593 g/mol. The summed E-state index contributed by atoms with van der Waals surface area (Å²) < 4.78 is 13.1. The van der Waals surface area contributed by atoms with Gasteiger partial charge < -0.3 is 18.6 Å². The van der Waals surface area contributed by atoms with Gasteiger partial charge in [0.15, 0.2) is 5.58 Å². The monoisotopic (exact) mass is 592 g/mol. The van der Waals surface area contributed by atoms with Gasteiger partial charge in [0.1, 0.15) is 16.7 Å². The molecule has 46 heavy (non-hydrogen) atoms. The number of para-hydroxylation sites is 5. The van der Waals surface area contributed by atoms with Gasteiger partial charge in [-0.1, -0.05) is 84.9 Å². The van der Waals surface area contributed by atoms with Crippen LogP contribution in [-0.4, -0.2) is 0 Å². The fourth-order valence-corrected chi connectivity index (χ4v) is 6.55. The Kier molecular flexibility index (Phi) is 6.10. The Morgan fingerprint density at radius 2 is 0.783 bits per heavy atom. The minimum atomic E-state index is 0.826. The molecule has 0 amide bonds. The van der Waals surface area contributed by atoms with Crippen LogP contribution in [0.5, 0.6) is 0 Å². The second-order valence-electron chi connectivity index (χ2n) is 11.4. The normalized spacial score (nSPS) is 11.5. The predicted octanol–water partition coefficient (Wildman–Crippen LogP) is 12.4. The van der Waals surface area contributed by atoms with Crippen molar-refractivity contribution in [3.63, 3.8) is 0 Å². The third-order valence-electron chi connectivity index (χ3n) is 8.62. The maximum atomic E-state index is 6.79. The van der Waals surface area contributed by atoms with Gasteiger partial charge in [-0.25, -0.2) is 0 Å². The molecule has 0 aliphatic carbocycles. The lowest BCUT2D eigenvalue weighted by Gasteiger charge is -2.25. The Balaban J connectivity index is 1.22. The second kappa shape index (κ2) is 10.7. The van der Waals surface area contributed by atoms with E-state index < -0.39 is 0 Å². The highest BCUT2D eigenvalue weighted by atomic mass is 16.3. The minimum Gasteiger partial charge on any atom is -0.456 e. The molecule has 4 nitrogen and oxygen atoms in total. The van der Waals surface area contributed by atoms with Crippen LogP contribution >= 0.6 is 0 Å². The molecule has 0 bridgehead atoms. The van der Waals surface area contributed by atoms with Crippen molar-refractivity contribution in [2.45, 2.75) is 0 Å². The highest BCUT2D eigenvalue weighted by molar-refractivity contribution is 6.11. The largest absolute Gasteiger partial charge is 0.456 e. The first-order valence-corrected chi connectivity index (χ1v) is 15.4. The zero-order valence-corrected chi connectivity index (χ0v) is 24.9. The zero-order chi connectivity index (χ0) is 30.5. The fourth-order valence-electron chi connectivity index (χ4n) is 6.55. The number of fused-ring (bicyclic) bond motifs is 6. The Hall–Kier alpha value is -6.26. The topological polar surface area (TPSA) is 32.8 Å². The summed E-state index contributed by atoms with van der Waals surface area (Å²) in [5.41, 5.74) is 9.60. The number of nitrogens with zero attached hydrogens (tertiary/aromatic N) is 2. The van der Waals surface area contributed by atoms with Crippen LogP contribution in [0.15, 0.2) is 179 Å². The van der Waals surface area contributed by atoms with E-state index in [4.69, 9.17) is 8.83 Å². The molecule has 0 saturated carbocycles. The maximum absolute atomic E-state index is 6.79. The summed E-state index contributed by atoms with van der Waals surface area (Å²) in [4.78, 5) is 4.50. The van der Waals surface area contributed by atoms with Crippen molar-refractivity contribution in [1.29, 1.82) is 0 Å². The number of furan rings is 2. The molecular weight excluding hydrogens is 564 g/mol. The summed E-state index contributed by atoms with van der Waals surface area (Å²) in [5, 5.41) is 4.37. The van der Waals surface area contributed by atoms with Crippen molar-refractivity contribution in [3.05, 3.63) is 170 Å². The third-order valence-corrected chi connectivity index (χ3v) is 8.62. The molecule has 0 unspecified atom stereocenters. The highest BCUT2D eigenvalue weighted by Gasteiger charge is 2.21. The quantitative estimate of drug-likeness (QED) is 0.192. The first-order valence-electron chi connectivity index (χ1n) is 15.4. The van der Waals surface area contributed by atoms with Gasteiger partial charge in [-0.2, -0.15) is 0 Å². The average Bonchev–Trinajstić information content (AvgIpc) is 3.68. The van der Waals surface area contributed by atoms with E-state index in [0.717, 1.165) is 78.0 Å². The molecule has 9 aromatic rings. The number of benzene rings is 7. The van der Waals surface area contributed by atoms with Crippen LogP contribution in [0.1, 0.15) is 0 Å². The van der Waals surface area contributed by atoms with Gasteiger partial charge in [-0.3, -0.25) is 0 Å². The molecule has 0 radical (unpaired) electrons. The van der Waals surface area contributed by atoms with Crippen LogP contribution in [0.2, 0.25) is 0 Å². The Morgan fingerprint density at radius 3 is 1.41 bits per heavy atom. The number of hydrogen-bond donors (Lipinski definition) is 0. The Labute approximate surface area is 265 Å². The van der Waals surface area contributed by atoms with Gasteiger partial charge in [0.25, 0.3) is 0 Å². The van der Waals surface area contributed by atoms with Crippen LogP contribution in [-0.2, 0) is 0 Å². The first kappa shape index (κ1) is 26.2. The Bertz CT molecular complexity index is 2440. The molecule has 0 spiro atoms. The molecule has 218 valence electrons.